The SMILES string of the molecule is CC[C@H](C)NC(=O)[C@H](Cc1ccccc1)N(Cc1ccc(Cl)cc1Cl)C(=O)CN(c1cc(C)ccc1C)S(C)(=O)=O. The van der Waals surface area contributed by atoms with Crippen molar-refractivity contribution in [3.05, 3.63) is 99.0 Å². The summed E-state index contributed by atoms with van der Waals surface area (Å²) in [6.45, 7) is 6.99. The van der Waals surface area contributed by atoms with Crippen molar-refractivity contribution >= 4 is 50.7 Å². The molecule has 3 rings (SSSR count). The Bertz CT molecular complexity index is 1480. The van der Waals surface area contributed by atoms with Crippen molar-refractivity contribution in [2.24, 2.45) is 0 Å². The number of aryl methyl sites for hydroxylation is 2. The third-order valence-corrected chi connectivity index (χ3v) is 8.65. The van der Waals surface area contributed by atoms with E-state index in [0.29, 0.717) is 33.3 Å². The second-order valence-electron chi connectivity index (χ2n) is 10.3. The summed E-state index contributed by atoms with van der Waals surface area (Å²) in [5.41, 5.74) is 3.40. The highest BCUT2D eigenvalue weighted by atomic mass is 35.5. The predicted molar refractivity (Wildman–Crippen MR) is 167 cm³/mol. The lowest BCUT2D eigenvalue weighted by molar-refractivity contribution is -0.140. The molecule has 0 saturated heterocycles. The van der Waals surface area contributed by atoms with Crippen LogP contribution in [0.1, 0.15) is 42.5 Å². The van der Waals surface area contributed by atoms with Crippen LogP contribution in [0.15, 0.2) is 66.7 Å². The molecular formula is C31H37Cl2N3O4S. The first kappa shape index (κ1) is 32.4. The molecule has 3 aromatic rings. The number of sulfonamides is 1. The Morgan fingerprint density at radius 3 is 2.27 bits per heavy atom. The molecule has 2 atom stereocenters. The zero-order valence-electron chi connectivity index (χ0n) is 24.0. The Morgan fingerprint density at radius 2 is 1.66 bits per heavy atom. The Balaban J connectivity index is 2.12. The molecule has 0 spiro atoms. The van der Waals surface area contributed by atoms with E-state index < -0.39 is 28.5 Å². The first-order valence-corrected chi connectivity index (χ1v) is 16.0. The highest BCUT2D eigenvalue weighted by Gasteiger charge is 2.34. The fraction of sp³-hybridized carbons (Fsp3) is 0.355. The molecule has 0 unspecified atom stereocenters. The van der Waals surface area contributed by atoms with Crippen LogP contribution in [0.2, 0.25) is 10.0 Å². The average molecular weight is 619 g/mol. The minimum absolute atomic E-state index is 0.0232. The second kappa shape index (κ2) is 14.2. The number of carbonyl (C=O) groups is 2. The summed E-state index contributed by atoms with van der Waals surface area (Å²) < 4.78 is 27.1. The molecule has 10 heteroatoms. The number of nitrogens with one attached hydrogen (secondary N) is 1. The van der Waals surface area contributed by atoms with Gasteiger partial charge in [-0.05, 0) is 67.6 Å². The van der Waals surface area contributed by atoms with Crippen LogP contribution in [0, 0.1) is 13.8 Å². The van der Waals surface area contributed by atoms with E-state index in [2.05, 4.69) is 5.32 Å². The molecule has 0 radical (unpaired) electrons. The van der Waals surface area contributed by atoms with Gasteiger partial charge in [0, 0.05) is 29.1 Å². The van der Waals surface area contributed by atoms with Gasteiger partial charge in [0.25, 0.3) is 0 Å². The van der Waals surface area contributed by atoms with Gasteiger partial charge in [0.15, 0.2) is 0 Å². The molecule has 0 aliphatic rings. The lowest BCUT2D eigenvalue weighted by Gasteiger charge is -2.34. The van der Waals surface area contributed by atoms with Crippen LogP contribution < -0.4 is 9.62 Å². The van der Waals surface area contributed by atoms with Gasteiger partial charge in [-0.25, -0.2) is 8.42 Å². The Kier molecular flexibility index (Phi) is 11.2. The van der Waals surface area contributed by atoms with E-state index in [9.17, 15) is 18.0 Å². The van der Waals surface area contributed by atoms with Crippen molar-refractivity contribution < 1.29 is 18.0 Å². The molecule has 41 heavy (non-hydrogen) atoms. The fourth-order valence-electron chi connectivity index (χ4n) is 4.41. The zero-order valence-corrected chi connectivity index (χ0v) is 26.4. The van der Waals surface area contributed by atoms with Gasteiger partial charge in [0.05, 0.1) is 11.9 Å². The lowest BCUT2D eigenvalue weighted by Crippen LogP contribution is -2.54. The molecule has 1 N–H and O–H groups in total. The van der Waals surface area contributed by atoms with Crippen molar-refractivity contribution in [1.82, 2.24) is 10.2 Å². The molecule has 0 aliphatic carbocycles. The molecule has 0 bridgehead atoms. The number of anilines is 1. The maximum absolute atomic E-state index is 14.2. The molecule has 0 aromatic heterocycles. The third kappa shape index (κ3) is 8.96. The van der Waals surface area contributed by atoms with Gasteiger partial charge < -0.3 is 10.2 Å². The van der Waals surface area contributed by atoms with E-state index in [1.54, 1.807) is 31.2 Å². The minimum atomic E-state index is -3.86. The Morgan fingerprint density at radius 1 is 0.976 bits per heavy atom. The van der Waals surface area contributed by atoms with Crippen molar-refractivity contribution in [2.45, 2.75) is 59.2 Å². The number of rotatable bonds is 12. The van der Waals surface area contributed by atoms with Crippen LogP contribution in [0.4, 0.5) is 5.69 Å². The highest BCUT2D eigenvalue weighted by Crippen LogP contribution is 2.27. The number of halogens is 2. The standard InChI is InChI=1S/C31H37Cl2N3O4S/c1-6-23(4)34-31(38)29(17-24-10-8-7-9-11-24)35(19-25-14-15-26(32)18-27(25)33)30(37)20-36(41(5,39)40)28-16-21(2)12-13-22(28)3/h7-16,18,23,29H,6,17,19-20H2,1-5H3,(H,34,38)/t23-,29-/m0/s1. The predicted octanol–water partition coefficient (Wildman–Crippen LogP) is 5.93. The Hall–Kier alpha value is -3.07. The number of nitrogens with zero attached hydrogens (tertiary/aromatic N) is 2. The van der Waals surface area contributed by atoms with Gasteiger partial charge in [-0.3, -0.25) is 13.9 Å². The van der Waals surface area contributed by atoms with E-state index in [1.807, 2.05) is 63.2 Å². The maximum atomic E-state index is 14.2. The summed E-state index contributed by atoms with van der Waals surface area (Å²) in [4.78, 5) is 29.4. The number of amides is 2. The van der Waals surface area contributed by atoms with Crippen LogP contribution in [0.3, 0.4) is 0 Å². The molecule has 7 nitrogen and oxygen atoms in total. The molecule has 220 valence electrons. The summed E-state index contributed by atoms with van der Waals surface area (Å²) in [5, 5.41) is 3.78. The molecular weight excluding hydrogens is 581 g/mol. The minimum Gasteiger partial charge on any atom is -0.352 e. The van der Waals surface area contributed by atoms with Crippen molar-refractivity contribution in [3.63, 3.8) is 0 Å². The largest absolute Gasteiger partial charge is 0.352 e. The van der Waals surface area contributed by atoms with Gasteiger partial charge in [-0.15, -0.1) is 0 Å². The smallest absolute Gasteiger partial charge is 0.244 e. The van der Waals surface area contributed by atoms with E-state index in [0.717, 1.165) is 21.7 Å². The molecule has 0 aliphatic heterocycles. The van der Waals surface area contributed by atoms with Crippen molar-refractivity contribution in [3.8, 4) is 0 Å². The van der Waals surface area contributed by atoms with Gasteiger partial charge in [-0.2, -0.15) is 0 Å². The quantitative estimate of drug-likeness (QED) is 0.273. The summed E-state index contributed by atoms with van der Waals surface area (Å²) in [6, 6.07) is 18.7. The number of hydrogen-bond acceptors (Lipinski definition) is 4. The van der Waals surface area contributed by atoms with Gasteiger partial charge in [-0.1, -0.05) is 78.7 Å². The monoisotopic (exact) mass is 617 g/mol. The van der Waals surface area contributed by atoms with Crippen LogP contribution in [0.25, 0.3) is 0 Å². The number of benzene rings is 3. The van der Waals surface area contributed by atoms with E-state index in [4.69, 9.17) is 23.2 Å². The van der Waals surface area contributed by atoms with Crippen LogP contribution in [-0.2, 0) is 32.6 Å². The zero-order chi connectivity index (χ0) is 30.3. The topological polar surface area (TPSA) is 86.8 Å². The van der Waals surface area contributed by atoms with Crippen molar-refractivity contribution in [2.75, 3.05) is 17.1 Å². The van der Waals surface area contributed by atoms with Gasteiger partial charge in [0.1, 0.15) is 12.6 Å². The van der Waals surface area contributed by atoms with E-state index in [-0.39, 0.29) is 24.9 Å². The van der Waals surface area contributed by atoms with Crippen molar-refractivity contribution in [1.29, 1.82) is 0 Å². The summed E-state index contributed by atoms with van der Waals surface area (Å²) in [7, 11) is -3.86. The van der Waals surface area contributed by atoms with E-state index >= 15 is 0 Å². The molecule has 0 saturated carbocycles. The number of carbonyl (C=O) groups excluding carboxylic acids is 2. The highest BCUT2D eigenvalue weighted by molar-refractivity contribution is 7.92. The number of hydrogen-bond donors (Lipinski definition) is 1. The summed E-state index contributed by atoms with van der Waals surface area (Å²) in [5.74, 6) is -0.873. The molecule has 0 heterocycles. The third-order valence-electron chi connectivity index (χ3n) is 6.94. The second-order valence-corrected chi connectivity index (χ2v) is 13.1. The van der Waals surface area contributed by atoms with Crippen LogP contribution >= 0.6 is 23.2 Å². The summed E-state index contributed by atoms with van der Waals surface area (Å²) >= 11 is 12.6. The fourth-order valence-corrected chi connectivity index (χ4v) is 5.78. The summed E-state index contributed by atoms with van der Waals surface area (Å²) in [6.07, 6.45) is 2.00. The first-order valence-electron chi connectivity index (χ1n) is 13.4. The maximum Gasteiger partial charge on any atom is 0.244 e. The van der Waals surface area contributed by atoms with Gasteiger partial charge >= 0.3 is 0 Å². The molecule has 3 aromatic carbocycles. The molecule has 2 amide bonds. The van der Waals surface area contributed by atoms with Gasteiger partial charge in [0.2, 0.25) is 21.8 Å². The average Bonchev–Trinajstić information content (AvgIpc) is 2.91. The van der Waals surface area contributed by atoms with Crippen LogP contribution in [0.5, 0.6) is 0 Å². The lowest BCUT2D eigenvalue weighted by atomic mass is 10.0. The van der Waals surface area contributed by atoms with Crippen LogP contribution in [-0.4, -0.2) is 50.0 Å². The normalized spacial score (nSPS) is 12.9. The molecule has 0 fully saturated rings. The Labute approximate surface area is 253 Å². The van der Waals surface area contributed by atoms with E-state index in [1.165, 1.54) is 4.90 Å². The first-order chi connectivity index (χ1) is 19.3.